The summed E-state index contributed by atoms with van der Waals surface area (Å²) in [4.78, 5) is 15.4. The van der Waals surface area contributed by atoms with Crippen molar-refractivity contribution < 1.29 is 13.9 Å². The molecule has 1 heterocycles. The lowest BCUT2D eigenvalue weighted by molar-refractivity contribution is 0.0518. The first-order chi connectivity index (χ1) is 6.72. The van der Waals surface area contributed by atoms with E-state index in [1.807, 2.05) is 0 Å². The molecule has 1 aromatic heterocycles. The predicted molar refractivity (Wildman–Crippen MR) is 52.1 cm³/mol. The van der Waals surface area contributed by atoms with Gasteiger partial charge in [0.1, 0.15) is 0 Å². The number of nitrogens with zero attached hydrogens (tertiary/aromatic N) is 1. The van der Waals surface area contributed by atoms with E-state index in [1.165, 1.54) is 0 Å². The molecule has 0 spiro atoms. The molecule has 0 atom stereocenters. The van der Waals surface area contributed by atoms with Crippen LogP contribution in [0.25, 0.3) is 0 Å². The van der Waals surface area contributed by atoms with Crippen LogP contribution in [0.15, 0.2) is 9.09 Å². The molecular weight excluding hydrogens is 250 g/mol. The number of halogens is 1. The SMILES string of the molecule is CCOC(=O)c1nc(C2CC2)oc1Br. The van der Waals surface area contributed by atoms with Crippen LogP contribution in [0.2, 0.25) is 0 Å². The number of rotatable bonds is 3. The Kier molecular flexibility index (Phi) is 2.58. The van der Waals surface area contributed by atoms with Gasteiger partial charge >= 0.3 is 5.97 Å². The molecule has 14 heavy (non-hydrogen) atoms. The zero-order valence-electron chi connectivity index (χ0n) is 7.75. The van der Waals surface area contributed by atoms with Crippen molar-refractivity contribution in [2.24, 2.45) is 0 Å². The van der Waals surface area contributed by atoms with Gasteiger partial charge in [0, 0.05) is 5.92 Å². The molecule has 4 nitrogen and oxygen atoms in total. The van der Waals surface area contributed by atoms with Crippen molar-refractivity contribution in [3.8, 4) is 0 Å². The fraction of sp³-hybridized carbons (Fsp3) is 0.556. The second-order valence-corrected chi connectivity index (χ2v) is 3.89. The van der Waals surface area contributed by atoms with E-state index < -0.39 is 5.97 Å². The van der Waals surface area contributed by atoms with Crippen LogP contribution in [-0.2, 0) is 4.74 Å². The van der Waals surface area contributed by atoms with E-state index in [9.17, 15) is 4.79 Å². The van der Waals surface area contributed by atoms with E-state index in [0.29, 0.717) is 23.1 Å². The van der Waals surface area contributed by atoms with E-state index in [4.69, 9.17) is 9.15 Å². The van der Waals surface area contributed by atoms with Gasteiger partial charge in [-0.05, 0) is 35.7 Å². The van der Waals surface area contributed by atoms with Gasteiger partial charge in [0.2, 0.25) is 10.4 Å². The topological polar surface area (TPSA) is 52.3 Å². The van der Waals surface area contributed by atoms with Crippen LogP contribution in [0.4, 0.5) is 0 Å². The summed E-state index contributed by atoms with van der Waals surface area (Å²) < 4.78 is 10.5. The van der Waals surface area contributed by atoms with Crippen molar-refractivity contribution >= 4 is 21.9 Å². The summed E-state index contributed by atoms with van der Waals surface area (Å²) in [6.07, 6.45) is 2.18. The van der Waals surface area contributed by atoms with Gasteiger partial charge in [-0.2, -0.15) is 0 Å². The van der Waals surface area contributed by atoms with Gasteiger partial charge in [0.05, 0.1) is 6.61 Å². The average molecular weight is 260 g/mol. The fourth-order valence-corrected chi connectivity index (χ4v) is 1.56. The second-order valence-electron chi connectivity index (χ2n) is 3.17. The number of hydrogen-bond acceptors (Lipinski definition) is 4. The Bertz CT molecular complexity index is 357. The smallest absolute Gasteiger partial charge is 0.361 e. The summed E-state index contributed by atoms with van der Waals surface area (Å²) in [6, 6.07) is 0. The third-order valence-electron chi connectivity index (χ3n) is 2.00. The van der Waals surface area contributed by atoms with Gasteiger partial charge in [-0.1, -0.05) is 0 Å². The average Bonchev–Trinajstić information content (AvgIpc) is 2.91. The maximum Gasteiger partial charge on any atom is 0.361 e. The number of ether oxygens (including phenoxy) is 1. The Hall–Kier alpha value is -0.840. The van der Waals surface area contributed by atoms with Crippen molar-refractivity contribution in [3.63, 3.8) is 0 Å². The maximum atomic E-state index is 11.3. The molecule has 1 aliphatic carbocycles. The lowest BCUT2D eigenvalue weighted by Gasteiger charge is -1.95. The minimum atomic E-state index is -0.435. The van der Waals surface area contributed by atoms with E-state index in [1.54, 1.807) is 6.92 Å². The van der Waals surface area contributed by atoms with Crippen LogP contribution in [-0.4, -0.2) is 17.6 Å². The molecule has 0 radical (unpaired) electrons. The highest BCUT2D eigenvalue weighted by molar-refractivity contribution is 9.10. The molecule has 5 heteroatoms. The summed E-state index contributed by atoms with van der Waals surface area (Å²) >= 11 is 3.15. The number of esters is 1. The summed E-state index contributed by atoms with van der Waals surface area (Å²) in [6.45, 7) is 2.10. The standard InChI is InChI=1S/C9H10BrNO3/c1-2-13-9(12)6-7(10)14-8(11-6)5-3-4-5/h5H,2-4H2,1H3. The number of oxazole rings is 1. The van der Waals surface area contributed by atoms with Gasteiger partial charge in [0.25, 0.3) is 0 Å². The van der Waals surface area contributed by atoms with Crippen LogP contribution >= 0.6 is 15.9 Å². The van der Waals surface area contributed by atoms with Gasteiger partial charge in [-0.15, -0.1) is 0 Å². The molecule has 0 saturated heterocycles. The van der Waals surface area contributed by atoms with Crippen molar-refractivity contribution in [1.82, 2.24) is 4.98 Å². The Balaban J connectivity index is 2.19. The van der Waals surface area contributed by atoms with Crippen LogP contribution in [0, 0.1) is 0 Å². The first kappa shape index (κ1) is 9.71. The Morgan fingerprint density at radius 1 is 1.71 bits per heavy atom. The molecule has 1 saturated carbocycles. The van der Waals surface area contributed by atoms with Gasteiger partial charge in [-0.25, -0.2) is 9.78 Å². The lowest BCUT2D eigenvalue weighted by Crippen LogP contribution is -2.05. The highest BCUT2D eigenvalue weighted by atomic mass is 79.9. The zero-order valence-corrected chi connectivity index (χ0v) is 9.33. The second kappa shape index (κ2) is 3.73. The number of carbonyl (C=O) groups is 1. The van der Waals surface area contributed by atoms with E-state index >= 15 is 0 Å². The third kappa shape index (κ3) is 1.82. The molecule has 0 amide bonds. The molecule has 0 N–H and O–H groups in total. The Labute approximate surface area is 89.8 Å². The first-order valence-electron chi connectivity index (χ1n) is 4.55. The normalized spacial score (nSPS) is 15.6. The third-order valence-corrected chi connectivity index (χ3v) is 2.54. The summed E-state index contributed by atoms with van der Waals surface area (Å²) in [5, 5.41) is 0. The molecule has 1 aliphatic rings. The van der Waals surface area contributed by atoms with E-state index in [0.717, 1.165) is 12.8 Å². The quantitative estimate of drug-likeness (QED) is 0.783. The number of hydrogen-bond donors (Lipinski definition) is 0. The van der Waals surface area contributed by atoms with Crippen molar-refractivity contribution in [1.29, 1.82) is 0 Å². The predicted octanol–water partition coefficient (Wildman–Crippen LogP) is 2.49. The maximum absolute atomic E-state index is 11.3. The molecule has 0 aromatic carbocycles. The summed E-state index contributed by atoms with van der Waals surface area (Å²) in [7, 11) is 0. The molecule has 76 valence electrons. The van der Waals surface area contributed by atoms with Crippen LogP contribution in [0.1, 0.15) is 42.1 Å². The van der Waals surface area contributed by atoms with E-state index in [2.05, 4.69) is 20.9 Å². The lowest BCUT2D eigenvalue weighted by atomic mass is 10.4. The van der Waals surface area contributed by atoms with Gasteiger partial charge in [0.15, 0.2) is 5.89 Å². The minimum absolute atomic E-state index is 0.244. The van der Waals surface area contributed by atoms with Crippen LogP contribution in [0.5, 0.6) is 0 Å². The highest BCUT2D eigenvalue weighted by Gasteiger charge is 2.31. The fourth-order valence-electron chi connectivity index (χ4n) is 1.15. The summed E-state index contributed by atoms with van der Waals surface area (Å²) in [5.74, 6) is 0.601. The van der Waals surface area contributed by atoms with Gasteiger partial charge < -0.3 is 9.15 Å². The van der Waals surface area contributed by atoms with Crippen molar-refractivity contribution in [2.75, 3.05) is 6.61 Å². The zero-order chi connectivity index (χ0) is 10.1. The number of carbonyl (C=O) groups excluding carboxylic acids is 1. The van der Waals surface area contributed by atoms with Crippen molar-refractivity contribution in [3.05, 3.63) is 16.3 Å². The number of aromatic nitrogens is 1. The summed E-state index contributed by atoms with van der Waals surface area (Å²) in [5.41, 5.74) is 0.244. The first-order valence-corrected chi connectivity index (χ1v) is 5.35. The molecule has 0 bridgehead atoms. The molecule has 0 unspecified atom stereocenters. The largest absolute Gasteiger partial charge is 0.461 e. The minimum Gasteiger partial charge on any atom is -0.461 e. The Morgan fingerprint density at radius 3 is 3.00 bits per heavy atom. The van der Waals surface area contributed by atoms with E-state index in [-0.39, 0.29) is 5.69 Å². The van der Waals surface area contributed by atoms with Gasteiger partial charge in [-0.3, -0.25) is 0 Å². The molecular formula is C9H10BrNO3. The molecule has 0 aliphatic heterocycles. The molecule has 1 aromatic rings. The monoisotopic (exact) mass is 259 g/mol. The Morgan fingerprint density at radius 2 is 2.43 bits per heavy atom. The van der Waals surface area contributed by atoms with Crippen LogP contribution < -0.4 is 0 Å². The van der Waals surface area contributed by atoms with Crippen molar-refractivity contribution in [2.45, 2.75) is 25.7 Å². The highest BCUT2D eigenvalue weighted by Crippen LogP contribution is 2.40. The molecule has 2 rings (SSSR count). The van der Waals surface area contributed by atoms with Crippen LogP contribution in [0.3, 0.4) is 0 Å². The molecule has 1 fully saturated rings.